The van der Waals surface area contributed by atoms with Gasteiger partial charge in [0, 0.05) is 11.3 Å². The van der Waals surface area contributed by atoms with Gasteiger partial charge in [-0.05, 0) is 37.3 Å². The van der Waals surface area contributed by atoms with Gasteiger partial charge in [0.1, 0.15) is 5.82 Å². The molecule has 0 unspecified atom stereocenters. The minimum atomic E-state index is -0.544. The van der Waals surface area contributed by atoms with Gasteiger partial charge in [-0.15, -0.1) is 0 Å². The van der Waals surface area contributed by atoms with E-state index in [-0.39, 0.29) is 12.1 Å². The Kier molecular flexibility index (Phi) is 4.70. The maximum atomic E-state index is 13.7. The first-order chi connectivity index (χ1) is 10.1. The van der Waals surface area contributed by atoms with E-state index in [2.05, 4.69) is 17.2 Å². The molecule has 0 aliphatic rings. The van der Waals surface area contributed by atoms with Crippen LogP contribution in [-0.4, -0.2) is 12.5 Å². The summed E-state index contributed by atoms with van der Waals surface area (Å²) in [6.07, 6.45) is 0. The van der Waals surface area contributed by atoms with Crippen LogP contribution in [-0.2, 0) is 0 Å². The first kappa shape index (κ1) is 14.8. The highest BCUT2D eigenvalue weighted by molar-refractivity contribution is 6.04. The summed E-state index contributed by atoms with van der Waals surface area (Å²) in [6.45, 7) is 2.07. The van der Waals surface area contributed by atoms with Gasteiger partial charge in [0.25, 0.3) is 5.91 Å². The molecule has 0 aliphatic heterocycles. The standard InChI is InChI=1S/C17H15FN2O/c1-12-7-8-16(18)15(10-12)17(21)20-14-6-2-4-13(11-14)5-3-9-19/h2,4,6-8,10-11H,9,19H2,1H3,(H,20,21). The lowest BCUT2D eigenvalue weighted by Crippen LogP contribution is -2.14. The van der Waals surface area contributed by atoms with Gasteiger partial charge in [-0.3, -0.25) is 4.79 Å². The lowest BCUT2D eigenvalue weighted by Gasteiger charge is -2.07. The number of anilines is 1. The van der Waals surface area contributed by atoms with Crippen LogP contribution in [0.4, 0.5) is 10.1 Å². The van der Waals surface area contributed by atoms with Crippen LogP contribution in [0.3, 0.4) is 0 Å². The predicted octanol–water partition coefficient (Wildman–Crippen LogP) is 2.70. The number of rotatable bonds is 2. The van der Waals surface area contributed by atoms with Crippen molar-refractivity contribution in [3.05, 3.63) is 65.0 Å². The highest BCUT2D eigenvalue weighted by Gasteiger charge is 2.12. The van der Waals surface area contributed by atoms with Crippen molar-refractivity contribution in [2.75, 3.05) is 11.9 Å². The molecule has 3 N–H and O–H groups in total. The molecule has 0 atom stereocenters. The van der Waals surface area contributed by atoms with Crippen molar-refractivity contribution in [2.45, 2.75) is 6.92 Å². The van der Waals surface area contributed by atoms with Crippen molar-refractivity contribution in [3.8, 4) is 11.8 Å². The normalized spacial score (nSPS) is 9.67. The van der Waals surface area contributed by atoms with Crippen LogP contribution in [0, 0.1) is 24.6 Å². The quantitative estimate of drug-likeness (QED) is 0.832. The Labute approximate surface area is 123 Å². The van der Waals surface area contributed by atoms with Crippen LogP contribution >= 0.6 is 0 Å². The van der Waals surface area contributed by atoms with E-state index in [1.54, 1.807) is 31.2 Å². The van der Waals surface area contributed by atoms with Crippen LogP contribution in [0.25, 0.3) is 0 Å². The highest BCUT2D eigenvalue weighted by atomic mass is 19.1. The molecule has 0 radical (unpaired) electrons. The van der Waals surface area contributed by atoms with Gasteiger partial charge < -0.3 is 11.1 Å². The van der Waals surface area contributed by atoms with Crippen LogP contribution in [0.5, 0.6) is 0 Å². The van der Waals surface area contributed by atoms with Gasteiger partial charge in [-0.2, -0.15) is 0 Å². The first-order valence-corrected chi connectivity index (χ1v) is 6.46. The second-order valence-corrected chi connectivity index (χ2v) is 4.52. The van der Waals surface area contributed by atoms with E-state index in [0.29, 0.717) is 5.69 Å². The molecule has 1 amide bonds. The van der Waals surface area contributed by atoms with Gasteiger partial charge in [-0.1, -0.05) is 29.5 Å². The summed E-state index contributed by atoms with van der Waals surface area (Å²) in [6, 6.07) is 11.4. The molecule has 21 heavy (non-hydrogen) atoms. The third-order valence-electron chi connectivity index (χ3n) is 2.82. The number of carbonyl (C=O) groups excluding carboxylic acids is 1. The Balaban J connectivity index is 2.21. The zero-order valence-electron chi connectivity index (χ0n) is 11.6. The summed E-state index contributed by atoms with van der Waals surface area (Å²) in [5.41, 5.74) is 7.46. The van der Waals surface area contributed by atoms with E-state index in [1.807, 2.05) is 6.07 Å². The lowest BCUT2D eigenvalue weighted by molar-refractivity contribution is 0.102. The summed E-state index contributed by atoms with van der Waals surface area (Å²) >= 11 is 0. The average molecular weight is 282 g/mol. The molecule has 2 rings (SSSR count). The average Bonchev–Trinajstić information content (AvgIpc) is 2.48. The van der Waals surface area contributed by atoms with Gasteiger partial charge in [0.2, 0.25) is 0 Å². The van der Waals surface area contributed by atoms with Gasteiger partial charge in [-0.25, -0.2) is 4.39 Å². The van der Waals surface area contributed by atoms with Crippen molar-refractivity contribution in [1.82, 2.24) is 0 Å². The maximum Gasteiger partial charge on any atom is 0.258 e. The van der Waals surface area contributed by atoms with Crippen molar-refractivity contribution in [1.29, 1.82) is 0 Å². The molecule has 0 bridgehead atoms. The minimum absolute atomic E-state index is 0.0217. The zero-order valence-corrected chi connectivity index (χ0v) is 11.6. The van der Waals surface area contributed by atoms with Gasteiger partial charge in [0.15, 0.2) is 0 Å². The second kappa shape index (κ2) is 6.69. The molecule has 3 nitrogen and oxygen atoms in total. The number of hydrogen-bond donors (Lipinski definition) is 2. The molecule has 0 fully saturated rings. The molecule has 2 aromatic rings. The number of nitrogens with one attached hydrogen (secondary N) is 1. The Morgan fingerprint density at radius 3 is 2.86 bits per heavy atom. The molecule has 0 saturated carbocycles. The molecular weight excluding hydrogens is 267 g/mol. The van der Waals surface area contributed by atoms with Gasteiger partial charge >= 0.3 is 0 Å². The van der Waals surface area contributed by atoms with E-state index in [9.17, 15) is 9.18 Å². The van der Waals surface area contributed by atoms with Crippen LogP contribution < -0.4 is 11.1 Å². The number of carbonyl (C=O) groups is 1. The van der Waals surface area contributed by atoms with E-state index < -0.39 is 11.7 Å². The molecular formula is C17H15FN2O. The topological polar surface area (TPSA) is 55.1 Å². The number of halogens is 1. The van der Waals surface area contributed by atoms with Crippen molar-refractivity contribution in [2.24, 2.45) is 5.73 Å². The fourth-order valence-corrected chi connectivity index (χ4v) is 1.84. The first-order valence-electron chi connectivity index (χ1n) is 6.46. The largest absolute Gasteiger partial charge is 0.322 e. The lowest BCUT2D eigenvalue weighted by atomic mass is 10.1. The Morgan fingerprint density at radius 2 is 2.10 bits per heavy atom. The minimum Gasteiger partial charge on any atom is -0.322 e. The Hall–Kier alpha value is -2.64. The van der Waals surface area contributed by atoms with E-state index in [0.717, 1.165) is 11.1 Å². The maximum absolute atomic E-state index is 13.7. The van der Waals surface area contributed by atoms with Gasteiger partial charge in [0.05, 0.1) is 12.1 Å². The smallest absolute Gasteiger partial charge is 0.258 e. The summed E-state index contributed by atoms with van der Waals surface area (Å²) in [5.74, 6) is 4.59. The number of aryl methyl sites for hydroxylation is 1. The Bertz CT molecular complexity index is 729. The van der Waals surface area contributed by atoms with E-state index in [1.165, 1.54) is 12.1 Å². The third-order valence-corrected chi connectivity index (χ3v) is 2.82. The molecule has 0 heterocycles. The molecule has 0 aromatic heterocycles. The van der Waals surface area contributed by atoms with Crippen molar-refractivity contribution < 1.29 is 9.18 Å². The molecule has 106 valence electrons. The van der Waals surface area contributed by atoms with Crippen LogP contribution in [0.2, 0.25) is 0 Å². The predicted molar refractivity (Wildman–Crippen MR) is 81.5 cm³/mol. The SMILES string of the molecule is Cc1ccc(F)c(C(=O)Nc2cccc(C#CCN)c2)c1. The summed E-state index contributed by atoms with van der Waals surface area (Å²) < 4.78 is 13.7. The van der Waals surface area contributed by atoms with E-state index in [4.69, 9.17) is 5.73 Å². The zero-order chi connectivity index (χ0) is 15.2. The molecule has 0 saturated heterocycles. The Morgan fingerprint density at radius 1 is 1.29 bits per heavy atom. The van der Waals surface area contributed by atoms with Crippen LogP contribution in [0.1, 0.15) is 21.5 Å². The van der Waals surface area contributed by atoms with Crippen molar-refractivity contribution in [3.63, 3.8) is 0 Å². The molecule has 0 spiro atoms. The fourth-order valence-electron chi connectivity index (χ4n) is 1.84. The summed E-state index contributed by atoms with van der Waals surface area (Å²) in [5, 5.41) is 2.67. The molecule has 0 aliphatic carbocycles. The fraction of sp³-hybridized carbons (Fsp3) is 0.118. The number of nitrogens with two attached hydrogens (primary N) is 1. The molecule has 2 aromatic carbocycles. The number of hydrogen-bond acceptors (Lipinski definition) is 2. The summed E-state index contributed by atoms with van der Waals surface area (Å²) in [4.78, 5) is 12.1. The molecule has 4 heteroatoms. The van der Waals surface area contributed by atoms with E-state index >= 15 is 0 Å². The number of amides is 1. The summed E-state index contributed by atoms with van der Waals surface area (Å²) in [7, 11) is 0. The van der Waals surface area contributed by atoms with Crippen LogP contribution in [0.15, 0.2) is 42.5 Å². The second-order valence-electron chi connectivity index (χ2n) is 4.52. The number of benzene rings is 2. The monoisotopic (exact) mass is 282 g/mol. The van der Waals surface area contributed by atoms with Crippen molar-refractivity contribution >= 4 is 11.6 Å². The highest BCUT2D eigenvalue weighted by Crippen LogP contribution is 2.15. The third kappa shape index (κ3) is 3.91.